The van der Waals surface area contributed by atoms with Gasteiger partial charge < -0.3 is 5.32 Å². The van der Waals surface area contributed by atoms with Gasteiger partial charge in [-0.15, -0.1) is 0 Å². The minimum absolute atomic E-state index is 0.145. The molecule has 0 unspecified atom stereocenters. The number of hydrogen-bond donors (Lipinski definition) is 1. The van der Waals surface area contributed by atoms with Gasteiger partial charge in [0, 0.05) is 11.9 Å². The number of aryl methyl sites for hydroxylation is 3. The topological polar surface area (TPSA) is 54.9 Å². The molecule has 1 aromatic carbocycles. The summed E-state index contributed by atoms with van der Waals surface area (Å²) in [5, 5.41) is 3.71. The molecule has 0 radical (unpaired) electrons. The first-order valence-corrected chi connectivity index (χ1v) is 8.56. The van der Waals surface area contributed by atoms with Crippen LogP contribution in [-0.4, -0.2) is 22.1 Å². The van der Waals surface area contributed by atoms with Crippen LogP contribution in [0.25, 0.3) is 0 Å². The lowest BCUT2D eigenvalue weighted by Gasteiger charge is -2.13. The molecule has 1 amide bonds. The van der Waals surface area contributed by atoms with Gasteiger partial charge in [-0.2, -0.15) is 0 Å². The summed E-state index contributed by atoms with van der Waals surface area (Å²) in [6, 6.07) is 5.96. The summed E-state index contributed by atoms with van der Waals surface area (Å²) in [5.41, 5.74) is 4.33. The van der Waals surface area contributed by atoms with E-state index in [-0.39, 0.29) is 5.91 Å². The maximum Gasteiger partial charge on any atom is 0.259 e. The lowest BCUT2D eigenvalue weighted by Crippen LogP contribution is -2.17. The Morgan fingerprint density at radius 3 is 2.55 bits per heavy atom. The number of para-hydroxylation sites is 1. The van der Waals surface area contributed by atoms with Crippen LogP contribution in [0.4, 0.5) is 5.69 Å². The molecular formula is C17H21N3OS. The van der Waals surface area contributed by atoms with Crippen molar-refractivity contribution in [1.29, 1.82) is 0 Å². The molecule has 4 nitrogen and oxygen atoms in total. The van der Waals surface area contributed by atoms with E-state index < -0.39 is 0 Å². The summed E-state index contributed by atoms with van der Waals surface area (Å²) in [6.07, 6.45) is 5.27. The zero-order valence-corrected chi connectivity index (χ0v) is 14.3. The van der Waals surface area contributed by atoms with Crippen LogP contribution in [0.2, 0.25) is 0 Å². The fourth-order valence-corrected chi connectivity index (χ4v) is 2.67. The maximum atomic E-state index is 12.6. The second kappa shape index (κ2) is 7.40. The number of rotatable bonds is 5. The average molecular weight is 315 g/mol. The number of thioether (sulfide) groups is 1. The molecule has 5 heteroatoms. The molecule has 22 heavy (non-hydrogen) atoms. The molecule has 0 aliphatic carbocycles. The van der Waals surface area contributed by atoms with E-state index in [4.69, 9.17) is 0 Å². The normalized spacial score (nSPS) is 10.5. The number of nitrogens with zero attached hydrogens (tertiary/aromatic N) is 2. The van der Waals surface area contributed by atoms with Crippen LogP contribution in [0.15, 0.2) is 29.6 Å². The van der Waals surface area contributed by atoms with E-state index in [0.717, 1.165) is 35.3 Å². The van der Waals surface area contributed by atoms with Gasteiger partial charge in [0.05, 0.1) is 11.3 Å². The molecule has 0 spiro atoms. The minimum atomic E-state index is -0.145. The molecule has 0 fully saturated rings. The largest absolute Gasteiger partial charge is 0.321 e. The molecule has 0 atom stereocenters. The van der Waals surface area contributed by atoms with Gasteiger partial charge in [-0.05, 0) is 37.7 Å². The van der Waals surface area contributed by atoms with Crippen LogP contribution < -0.4 is 5.32 Å². The van der Waals surface area contributed by atoms with Crippen molar-refractivity contribution in [1.82, 2.24) is 9.97 Å². The number of aromatic nitrogens is 2. The van der Waals surface area contributed by atoms with Crippen molar-refractivity contribution in [3.8, 4) is 0 Å². The third-order valence-electron chi connectivity index (χ3n) is 3.48. The molecule has 116 valence electrons. The second-order valence-electron chi connectivity index (χ2n) is 5.19. The van der Waals surface area contributed by atoms with Crippen LogP contribution in [0.1, 0.15) is 40.5 Å². The van der Waals surface area contributed by atoms with E-state index in [9.17, 15) is 4.79 Å². The van der Waals surface area contributed by atoms with Gasteiger partial charge in [-0.1, -0.05) is 43.3 Å². The smallest absolute Gasteiger partial charge is 0.259 e. The lowest BCUT2D eigenvalue weighted by molar-refractivity contribution is 0.102. The van der Waals surface area contributed by atoms with Crippen molar-refractivity contribution in [3.63, 3.8) is 0 Å². The van der Waals surface area contributed by atoms with Crippen LogP contribution in [0.5, 0.6) is 0 Å². The van der Waals surface area contributed by atoms with E-state index in [1.165, 1.54) is 11.8 Å². The third kappa shape index (κ3) is 3.65. The van der Waals surface area contributed by atoms with Gasteiger partial charge in [0.1, 0.15) is 0 Å². The summed E-state index contributed by atoms with van der Waals surface area (Å²) < 4.78 is 0. The van der Waals surface area contributed by atoms with E-state index in [1.807, 2.05) is 38.3 Å². The predicted octanol–water partition coefficient (Wildman–Crippen LogP) is 4.02. The molecule has 0 saturated heterocycles. The molecule has 2 aromatic rings. The highest BCUT2D eigenvalue weighted by atomic mass is 32.2. The summed E-state index contributed by atoms with van der Waals surface area (Å²) in [7, 11) is 0. The van der Waals surface area contributed by atoms with Gasteiger partial charge in [-0.3, -0.25) is 4.79 Å². The van der Waals surface area contributed by atoms with Gasteiger partial charge in [-0.25, -0.2) is 9.97 Å². The van der Waals surface area contributed by atoms with E-state index >= 15 is 0 Å². The molecule has 0 bridgehead atoms. The predicted molar refractivity (Wildman–Crippen MR) is 91.7 cm³/mol. The maximum absolute atomic E-state index is 12.6. The number of carbonyl (C=O) groups excluding carboxylic acids is 1. The Labute approximate surface area is 135 Å². The van der Waals surface area contributed by atoms with E-state index in [0.29, 0.717) is 10.7 Å². The van der Waals surface area contributed by atoms with Crippen molar-refractivity contribution >= 4 is 23.4 Å². The highest BCUT2D eigenvalue weighted by Crippen LogP contribution is 2.21. The Morgan fingerprint density at radius 2 is 1.95 bits per heavy atom. The highest BCUT2D eigenvalue weighted by molar-refractivity contribution is 7.98. The summed E-state index contributed by atoms with van der Waals surface area (Å²) in [4.78, 5) is 21.3. The molecule has 0 saturated carbocycles. The van der Waals surface area contributed by atoms with E-state index in [1.54, 1.807) is 6.20 Å². The van der Waals surface area contributed by atoms with Gasteiger partial charge in [0.2, 0.25) is 0 Å². The van der Waals surface area contributed by atoms with Gasteiger partial charge >= 0.3 is 0 Å². The first-order valence-electron chi connectivity index (χ1n) is 7.34. The zero-order chi connectivity index (χ0) is 16.1. The number of amides is 1. The molecule has 1 heterocycles. The molecule has 0 aliphatic heterocycles. The summed E-state index contributed by atoms with van der Waals surface area (Å²) in [5.74, 6) is -0.145. The standard InChI is InChI=1S/C17H21N3OS/c1-5-7-14-13(10-18-17(19-14)22-4)16(21)20-15-11(2)8-6-9-12(15)3/h6,8-10H,5,7H2,1-4H3,(H,20,21). The number of nitrogens with one attached hydrogen (secondary N) is 1. The second-order valence-corrected chi connectivity index (χ2v) is 5.96. The molecule has 0 aliphatic rings. The van der Waals surface area contributed by atoms with Crippen molar-refractivity contribution < 1.29 is 4.79 Å². The van der Waals surface area contributed by atoms with Gasteiger partial charge in [0.15, 0.2) is 5.16 Å². The Hall–Kier alpha value is -1.88. The first-order chi connectivity index (χ1) is 10.6. The van der Waals surface area contributed by atoms with Crippen molar-refractivity contribution in [3.05, 3.63) is 46.8 Å². The monoisotopic (exact) mass is 315 g/mol. The number of benzene rings is 1. The SMILES string of the molecule is CCCc1nc(SC)ncc1C(=O)Nc1c(C)cccc1C. The summed E-state index contributed by atoms with van der Waals surface area (Å²) in [6.45, 7) is 6.06. The van der Waals surface area contributed by atoms with Crippen molar-refractivity contribution in [2.45, 2.75) is 38.8 Å². The van der Waals surface area contributed by atoms with Gasteiger partial charge in [0.25, 0.3) is 5.91 Å². The fraction of sp³-hybridized carbons (Fsp3) is 0.353. The number of carbonyl (C=O) groups is 1. The van der Waals surface area contributed by atoms with Crippen LogP contribution in [0.3, 0.4) is 0 Å². The fourth-order valence-electron chi connectivity index (χ4n) is 2.31. The molecule has 1 N–H and O–H groups in total. The van der Waals surface area contributed by atoms with Crippen LogP contribution >= 0.6 is 11.8 Å². The summed E-state index contributed by atoms with van der Waals surface area (Å²) >= 11 is 1.48. The Bertz CT molecular complexity index is 665. The number of anilines is 1. The third-order valence-corrected chi connectivity index (χ3v) is 4.04. The number of hydrogen-bond acceptors (Lipinski definition) is 4. The molecule has 1 aromatic heterocycles. The minimum Gasteiger partial charge on any atom is -0.321 e. The Balaban J connectivity index is 2.33. The lowest BCUT2D eigenvalue weighted by atomic mass is 10.1. The Kier molecular flexibility index (Phi) is 5.55. The van der Waals surface area contributed by atoms with Crippen molar-refractivity contribution in [2.24, 2.45) is 0 Å². The van der Waals surface area contributed by atoms with Crippen LogP contribution in [-0.2, 0) is 6.42 Å². The average Bonchev–Trinajstić information content (AvgIpc) is 2.51. The van der Waals surface area contributed by atoms with Crippen molar-refractivity contribution in [2.75, 3.05) is 11.6 Å². The molecule has 2 rings (SSSR count). The van der Waals surface area contributed by atoms with E-state index in [2.05, 4.69) is 22.2 Å². The van der Waals surface area contributed by atoms with Crippen LogP contribution in [0, 0.1) is 13.8 Å². The highest BCUT2D eigenvalue weighted by Gasteiger charge is 2.16. The molecular weight excluding hydrogens is 294 g/mol. The first kappa shape index (κ1) is 16.5. The quantitative estimate of drug-likeness (QED) is 0.669. The zero-order valence-electron chi connectivity index (χ0n) is 13.4. The Morgan fingerprint density at radius 1 is 1.27 bits per heavy atom.